The molecule has 0 aliphatic heterocycles. The largest absolute Gasteiger partial charge is 0.409 e. The highest BCUT2D eigenvalue weighted by molar-refractivity contribution is 6.07. The van der Waals surface area contributed by atoms with E-state index < -0.39 is 5.41 Å². The Morgan fingerprint density at radius 2 is 2.00 bits per heavy atom. The Morgan fingerprint density at radius 3 is 2.52 bits per heavy atom. The van der Waals surface area contributed by atoms with Crippen LogP contribution >= 0.6 is 0 Å². The molecule has 1 fully saturated rings. The van der Waals surface area contributed by atoms with Crippen molar-refractivity contribution in [2.45, 2.75) is 58.4 Å². The molecule has 1 rings (SSSR count). The number of hydrogen-bond donors (Lipinski definition) is 4. The second kappa shape index (κ2) is 7.85. The third-order valence-electron chi connectivity index (χ3n) is 4.15. The summed E-state index contributed by atoms with van der Waals surface area (Å²) >= 11 is 0. The summed E-state index contributed by atoms with van der Waals surface area (Å²) in [6.07, 6.45) is 3.99. The first kappa shape index (κ1) is 17.3. The van der Waals surface area contributed by atoms with Gasteiger partial charge in [0.05, 0.1) is 0 Å². The summed E-state index contributed by atoms with van der Waals surface area (Å²) in [5.41, 5.74) is 4.77. The fourth-order valence-electron chi connectivity index (χ4n) is 2.58. The lowest BCUT2D eigenvalue weighted by Crippen LogP contribution is -2.49. The molecule has 120 valence electrons. The molecule has 0 aromatic rings. The zero-order chi connectivity index (χ0) is 15.9. The summed E-state index contributed by atoms with van der Waals surface area (Å²) in [7, 11) is 0. The molecule has 5 N–H and O–H groups in total. The zero-order valence-corrected chi connectivity index (χ0v) is 12.8. The fraction of sp³-hybridized carbons (Fsp3) is 0.786. The minimum atomic E-state index is -0.915. The van der Waals surface area contributed by atoms with Crippen LogP contribution in [0.15, 0.2) is 5.16 Å². The minimum absolute atomic E-state index is 0.0402. The summed E-state index contributed by atoms with van der Waals surface area (Å²) in [6, 6.07) is 0.131. The van der Waals surface area contributed by atoms with Crippen molar-refractivity contribution in [3.63, 3.8) is 0 Å². The Labute approximate surface area is 125 Å². The van der Waals surface area contributed by atoms with Gasteiger partial charge in [0.2, 0.25) is 11.8 Å². The van der Waals surface area contributed by atoms with Crippen LogP contribution in [0.4, 0.5) is 0 Å². The van der Waals surface area contributed by atoms with Gasteiger partial charge in [0.25, 0.3) is 0 Å². The second-order valence-electron chi connectivity index (χ2n) is 5.66. The van der Waals surface area contributed by atoms with Crippen molar-refractivity contribution >= 4 is 17.6 Å². The number of amidine groups is 1. The minimum Gasteiger partial charge on any atom is -0.409 e. The number of nitrogens with zero attached hydrogens (tertiary/aromatic N) is 1. The van der Waals surface area contributed by atoms with Crippen LogP contribution in [0.1, 0.15) is 52.4 Å². The van der Waals surface area contributed by atoms with Gasteiger partial charge in [0, 0.05) is 19.0 Å². The summed E-state index contributed by atoms with van der Waals surface area (Å²) in [4.78, 5) is 23.9. The van der Waals surface area contributed by atoms with Crippen LogP contribution in [0.5, 0.6) is 0 Å². The second-order valence-corrected chi connectivity index (χ2v) is 5.66. The molecule has 0 aromatic heterocycles. The van der Waals surface area contributed by atoms with Crippen molar-refractivity contribution < 1.29 is 14.8 Å². The first-order valence-corrected chi connectivity index (χ1v) is 7.52. The third-order valence-corrected chi connectivity index (χ3v) is 4.15. The van der Waals surface area contributed by atoms with Crippen LogP contribution in [0, 0.1) is 5.41 Å². The van der Waals surface area contributed by atoms with Crippen LogP contribution in [-0.4, -0.2) is 35.4 Å². The first-order chi connectivity index (χ1) is 9.96. The monoisotopic (exact) mass is 298 g/mol. The lowest BCUT2D eigenvalue weighted by Gasteiger charge is -2.25. The van der Waals surface area contributed by atoms with Crippen molar-refractivity contribution in [3.8, 4) is 0 Å². The van der Waals surface area contributed by atoms with Gasteiger partial charge >= 0.3 is 0 Å². The van der Waals surface area contributed by atoms with Gasteiger partial charge in [-0.1, -0.05) is 24.9 Å². The SMILES string of the molecule is CCC(C)NC(=O)CCNC(=O)C1(C(N)=NO)CCCC1. The first-order valence-electron chi connectivity index (χ1n) is 7.52. The van der Waals surface area contributed by atoms with E-state index in [0.29, 0.717) is 12.8 Å². The number of carbonyl (C=O) groups is 2. The molecule has 2 amide bonds. The van der Waals surface area contributed by atoms with Crippen LogP contribution in [0.2, 0.25) is 0 Å². The van der Waals surface area contributed by atoms with Crippen molar-refractivity contribution in [1.29, 1.82) is 0 Å². The predicted molar refractivity (Wildman–Crippen MR) is 79.8 cm³/mol. The molecule has 0 radical (unpaired) electrons. The molecule has 21 heavy (non-hydrogen) atoms. The molecule has 7 heteroatoms. The van der Waals surface area contributed by atoms with Crippen molar-refractivity contribution in [1.82, 2.24) is 10.6 Å². The molecule has 1 aliphatic rings. The molecular weight excluding hydrogens is 272 g/mol. The highest BCUT2D eigenvalue weighted by atomic mass is 16.4. The number of amides is 2. The third kappa shape index (κ3) is 4.34. The van der Waals surface area contributed by atoms with E-state index in [4.69, 9.17) is 10.9 Å². The van der Waals surface area contributed by atoms with E-state index in [2.05, 4.69) is 15.8 Å². The Balaban J connectivity index is 2.47. The Hall–Kier alpha value is -1.79. The number of nitrogens with two attached hydrogens (primary N) is 1. The molecule has 0 bridgehead atoms. The maximum atomic E-state index is 12.3. The average Bonchev–Trinajstić information content (AvgIpc) is 2.96. The van der Waals surface area contributed by atoms with Crippen LogP contribution in [0.3, 0.4) is 0 Å². The maximum Gasteiger partial charge on any atom is 0.233 e. The molecule has 0 aromatic carbocycles. The highest BCUT2D eigenvalue weighted by Crippen LogP contribution is 2.38. The van der Waals surface area contributed by atoms with Gasteiger partial charge in [-0.3, -0.25) is 9.59 Å². The molecule has 1 unspecified atom stereocenters. The van der Waals surface area contributed by atoms with Crippen LogP contribution in [-0.2, 0) is 9.59 Å². The average molecular weight is 298 g/mol. The molecule has 0 heterocycles. The van der Waals surface area contributed by atoms with E-state index in [1.54, 1.807) is 0 Å². The van der Waals surface area contributed by atoms with Crippen LogP contribution < -0.4 is 16.4 Å². The molecule has 1 atom stereocenters. The lowest BCUT2D eigenvalue weighted by molar-refractivity contribution is -0.127. The summed E-state index contributed by atoms with van der Waals surface area (Å²) < 4.78 is 0. The van der Waals surface area contributed by atoms with E-state index in [1.165, 1.54) is 0 Å². The summed E-state index contributed by atoms with van der Waals surface area (Å²) in [6.45, 7) is 4.18. The number of nitrogens with one attached hydrogen (secondary N) is 2. The summed E-state index contributed by atoms with van der Waals surface area (Å²) in [5, 5.41) is 17.4. The number of oxime groups is 1. The Morgan fingerprint density at radius 1 is 1.38 bits per heavy atom. The maximum absolute atomic E-state index is 12.3. The van der Waals surface area contributed by atoms with Crippen molar-refractivity contribution in [2.24, 2.45) is 16.3 Å². The molecule has 7 nitrogen and oxygen atoms in total. The molecule has 1 saturated carbocycles. The molecule has 0 saturated heterocycles. The van der Waals surface area contributed by atoms with Crippen molar-refractivity contribution in [2.75, 3.05) is 6.54 Å². The highest BCUT2D eigenvalue weighted by Gasteiger charge is 2.45. The molecule has 0 spiro atoms. The molecule has 1 aliphatic carbocycles. The van der Waals surface area contributed by atoms with E-state index in [0.717, 1.165) is 19.3 Å². The molecular formula is C14H26N4O3. The summed E-state index contributed by atoms with van der Waals surface area (Å²) in [5.74, 6) is -0.387. The lowest BCUT2D eigenvalue weighted by atomic mass is 9.84. The van der Waals surface area contributed by atoms with Gasteiger partial charge in [-0.05, 0) is 26.2 Å². The quantitative estimate of drug-likeness (QED) is 0.240. The van der Waals surface area contributed by atoms with Gasteiger partial charge in [-0.15, -0.1) is 0 Å². The van der Waals surface area contributed by atoms with Gasteiger partial charge in [0.1, 0.15) is 5.41 Å². The smallest absolute Gasteiger partial charge is 0.233 e. The van der Waals surface area contributed by atoms with E-state index in [1.807, 2.05) is 13.8 Å². The fourth-order valence-corrected chi connectivity index (χ4v) is 2.58. The van der Waals surface area contributed by atoms with E-state index >= 15 is 0 Å². The Bertz CT molecular complexity index is 403. The standard InChI is InChI=1S/C14H26N4O3/c1-3-10(2)17-11(19)6-9-16-13(20)14(12(15)18-21)7-4-5-8-14/h10,21H,3-9H2,1-2H3,(H2,15,18)(H,16,20)(H,17,19). The topological polar surface area (TPSA) is 117 Å². The van der Waals surface area contributed by atoms with Crippen molar-refractivity contribution in [3.05, 3.63) is 0 Å². The number of carbonyl (C=O) groups excluding carboxylic acids is 2. The number of hydrogen-bond acceptors (Lipinski definition) is 4. The van der Waals surface area contributed by atoms with Gasteiger partial charge < -0.3 is 21.6 Å². The van der Waals surface area contributed by atoms with Gasteiger partial charge in [-0.2, -0.15) is 0 Å². The van der Waals surface area contributed by atoms with Gasteiger partial charge in [0.15, 0.2) is 5.84 Å². The van der Waals surface area contributed by atoms with E-state index in [9.17, 15) is 9.59 Å². The Kier molecular flexibility index (Phi) is 6.45. The number of rotatable bonds is 7. The van der Waals surface area contributed by atoms with Crippen LogP contribution in [0.25, 0.3) is 0 Å². The van der Waals surface area contributed by atoms with E-state index in [-0.39, 0.29) is 36.7 Å². The zero-order valence-electron chi connectivity index (χ0n) is 12.8. The van der Waals surface area contributed by atoms with Gasteiger partial charge in [-0.25, -0.2) is 0 Å². The predicted octanol–water partition coefficient (Wildman–Crippen LogP) is 0.714. The normalized spacial score (nSPS) is 19.0.